The molecule has 0 aromatic heterocycles. The van der Waals surface area contributed by atoms with Gasteiger partial charge < -0.3 is 0 Å². The van der Waals surface area contributed by atoms with Gasteiger partial charge in [0.25, 0.3) is 0 Å². The van der Waals surface area contributed by atoms with Crippen LogP contribution >= 0.6 is 0 Å². The highest BCUT2D eigenvalue weighted by Gasteiger charge is 2.14. The summed E-state index contributed by atoms with van der Waals surface area (Å²) in [6.07, 6.45) is 4.07. The molecule has 0 amide bonds. The monoisotopic (exact) mass is 182 g/mol. The van der Waals surface area contributed by atoms with Crippen LogP contribution in [0.4, 0.5) is 0 Å². The Labute approximate surface area is 82.0 Å². The van der Waals surface area contributed by atoms with Crippen molar-refractivity contribution in [3.05, 3.63) is 38.7 Å². The summed E-state index contributed by atoms with van der Waals surface area (Å²) in [5.74, 6) is 0. The highest BCUT2D eigenvalue weighted by molar-refractivity contribution is 5.76. The topological polar surface area (TPSA) is 24.7 Å². The van der Waals surface area contributed by atoms with Crippen molar-refractivity contribution in [1.82, 2.24) is 0 Å². The molecular weight excluding hydrogens is 172 g/mol. The number of rotatable bonds is 0. The van der Waals surface area contributed by atoms with Crippen molar-refractivity contribution in [1.29, 1.82) is 0 Å². The lowest BCUT2D eigenvalue weighted by atomic mass is 9.98. The van der Waals surface area contributed by atoms with E-state index in [1.807, 2.05) is 12.2 Å². The summed E-state index contributed by atoms with van der Waals surface area (Å²) in [6, 6.07) is 0. The Morgan fingerprint density at radius 2 is 1.50 bits per heavy atom. The van der Waals surface area contributed by atoms with Crippen molar-refractivity contribution >= 4 is 12.2 Å². The van der Waals surface area contributed by atoms with Crippen LogP contribution in [-0.4, -0.2) is 6.67 Å². The second-order valence-electron chi connectivity index (χ2n) is 3.69. The Hall–Kier alpha value is -1.66. The summed E-state index contributed by atoms with van der Waals surface area (Å²) >= 11 is 0. The molecule has 0 fully saturated rings. The molecule has 0 saturated heterocycles. The average Bonchev–Trinajstić information content (AvgIpc) is 2.82. The normalized spacial score (nSPS) is 15.0. The molecule has 1 aliphatic heterocycles. The molecule has 0 radical (unpaired) electrons. The molecule has 0 unspecified atom stereocenters. The van der Waals surface area contributed by atoms with E-state index in [0.717, 1.165) is 10.7 Å². The minimum atomic E-state index is 0.591. The van der Waals surface area contributed by atoms with Gasteiger partial charge in [-0.15, -0.1) is 5.73 Å². The highest BCUT2D eigenvalue weighted by Crippen LogP contribution is 2.20. The van der Waals surface area contributed by atoms with E-state index >= 15 is 0 Å². The van der Waals surface area contributed by atoms with E-state index in [9.17, 15) is 0 Å². The molecule has 1 aliphatic carbocycles. The van der Waals surface area contributed by atoms with Crippen LogP contribution < -0.4 is 10.7 Å². The van der Waals surface area contributed by atoms with E-state index in [0.29, 0.717) is 6.67 Å². The largest absolute Gasteiger partial charge is 0.259 e. The van der Waals surface area contributed by atoms with Gasteiger partial charge in [-0.05, 0) is 48.3 Å². The summed E-state index contributed by atoms with van der Waals surface area (Å²) in [5, 5.41) is 2.16. The summed E-state index contributed by atoms with van der Waals surface area (Å²) in [6.45, 7) is 4.81. The lowest BCUT2D eigenvalue weighted by Gasteiger charge is -2.05. The van der Waals surface area contributed by atoms with Crippen LogP contribution in [0.3, 0.4) is 0 Å². The predicted molar refractivity (Wildman–Crippen MR) is 55.5 cm³/mol. The van der Waals surface area contributed by atoms with Crippen molar-refractivity contribution in [2.45, 2.75) is 13.8 Å². The summed E-state index contributed by atoms with van der Waals surface area (Å²) in [7, 11) is 0. The fourth-order valence-corrected chi connectivity index (χ4v) is 2.16. The maximum Gasteiger partial charge on any atom is 0.130 e. The second-order valence-corrected chi connectivity index (χ2v) is 3.69. The van der Waals surface area contributed by atoms with Gasteiger partial charge in [0, 0.05) is 0 Å². The molecular formula is C12H10N2. The molecule has 2 aliphatic rings. The number of benzene rings is 1. The Kier molecular flexibility index (Phi) is 1.34. The molecule has 0 bridgehead atoms. The van der Waals surface area contributed by atoms with E-state index < -0.39 is 0 Å². The van der Waals surface area contributed by atoms with E-state index in [-0.39, 0.29) is 0 Å². The van der Waals surface area contributed by atoms with Gasteiger partial charge in [0.05, 0.1) is 10.7 Å². The first kappa shape index (κ1) is 7.72. The first-order valence-electron chi connectivity index (χ1n) is 4.73. The fourth-order valence-electron chi connectivity index (χ4n) is 2.16. The first-order chi connectivity index (χ1) is 6.79. The van der Waals surface area contributed by atoms with E-state index in [4.69, 9.17) is 0 Å². The van der Waals surface area contributed by atoms with E-state index in [2.05, 4.69) is 29.6 Å². The molecule has 68 valence electrons. The molecule has 0 atom stereocenters. The minimum absolute atomic E-state index is 0.591. The number of fused-ring (bicyclic) bond motifs is 2. The van der Waals surface area contributed by atoms with Crippen molar-refractivity contribution in [3.63, 3.8) is 0 Å². The summed E-state index contributed by atoms with van der Waals surface area (Å²) in [5.41, 5.74) is 8.15. The zero-order chi connectivity index (χ0) is 9.71. The lowest BCUT2D eigenvalue weighted by molar-refractivity contribution is 1.05. The van der Waals surface area contributed by atoms with Gasteiger partial charge in [-0.1, -0.05) is 0 Å². The van der Waals surface area contributed by atoms with Crippen molar-refractivity contribution in [2.75, 3.05) is 6.67 Å². The zero-order valence-corrected chi connectivity index (χ0v) is 8.26. The smallest absolute Gasteiger partial charge is 0.130 e. The Morgan fingerprint density at radius 3 is 2.00 bits per heavy atom. The van der Waals surface area contributed by atoms with Gasteiger partial charge in [0.1, 0.15) is 6.67 Å². The van der Waals surface area contributed by atoms with Crippen molar-refractivity contribution in [3.8, 4) is 0 Å². The second kappa shape index (κ2) is 2.43. The van der Waals surface area contributed by atoms with E-state index in [1.54, 1.807) is 0 Å². The van der Waals surface area contributed by atoms with Crippen molar-refractivity contribution < 1.29 is 0 Å². The maximum absolute atomic E-state index is 4.41. The van der Waals surface area contributed by atoms with Gasteiger partial charge >= 0.3 is 0 Å². The molecule has 3 rings (SSSR count). The molecule has 2 nitrogen and oxygen atoms in total. The number of hydrogen-bond donors (Lipinski definition) is 0. The molecule has 2 heteroatoms. The zero-order valence-electron chi connectivity index (χ0n) is 8.26. The third-order valence-corrected chi connectivity index (χ3v) is 2.95. The van der Waals surface area contributed by atoms with Crippen molar-refractivity contribution in [2.24, 2.45) is 9.98 Å². The molecule has 0 saturated carbocycles. The first-order valence-corrected chi connectivity index (χ1v) is 4.73. The van der Waals surface area contributed by atoms with Crippen LogP contribution in [0.2, 0.25) is 0 Å². The van der Waals surface area contributed by atoms with Gasteiger partial charge in [-0.25, -0.2) is 0 Å². The van der Waals surface area contributed by atoms with Gasteiger partial charge in [-0.3, -0.25) is 9.98 Å². The SMILES string of the molecule is Cc1c2c(c(C)c3c1=NCN=3)C=C=C2. The third-order valence-electron chi connectivity index (χ3n) is 2.95. The molecule has 14 heavy (non-hydrogen) atoms. The number of hydrogen-bond acceptors (Lipinski definition) is 2. The lowest BCUT2D eigenvalue weighted by Crippen LogP contribution is -2.29. The maximum atomic E-state index is 4.41. The van der Waals surface area contributed by atoms with Gasteiger partial charge in [-0.2, -0.15) is 0 Å². The van der Waals surface area contributed by atoms with E-state index in [1.165, 1.54) is 22.3 Å². The predicted octanol–water partition coefficient (Wildman–Crippen LogP) is 1.15. The quantitative estimate of drug-likeness (QED) is 0.546. The third kappa shape index (κ3) is 0.765. The van der Waals surface area contributed by atoms with Gasteiger partial charge in [0.2, 0.25) is 0 Å². The number of nitrogens with zero attached hydrogens (tertiary/aromatic N) is 2. The van der Waals surface area contributed by atoms with Crippen LogP contribution in [0.5, 0.6) is 0 Å². The molecule has 0 N–H and O–H groups in total. The minimum Gasteiger partial charge on any atom is -0.259 e. The van der Waals surface area contributed by atoms with Crippen LogP contribution in [-0.2, 0) is 0 Å². The van der Waals surface area contributed by atoms with Gasteiger partial charge in [0.15, 0.2) is 0 Å². The van der Waals surface area contributed by atoms with Crippen LogP contribution in [0.15, 0.2) is 15.7 Å². The average molecular weight is 182 g/mol. The molecule has 1 heterocycles. The van der Waals surface area contributed by atoms with Crippen LogP contribution in [0.25, 0.3) is 12.2 Å². The Bertz CT molecular complexity index is 564. The van der Waals surface area contributed by atoms with Crippen LogP contribution in [0, 0.1) is 13.8 Å². The Balaban J connectivity index is 2.61. The molecule has 0 spiro atoms. The summed E-state index contributed by atoms with van der Waals surface area (Å²) < 4.78 is 0. The fraction of sp³-hybridized carbons (Fsp3) is 0.250. The Morgan fingerprint density at radius 1 is 1.00 bits per heavy atom. The highest BCUT2D eigenvalue weighted by atomic mass is 15.0. The summed E-state index contributed by atoms with van der Waals surface area (Å²) in [4.78, 5) is 8.82. The standard InChI is InChI=1S/C12H10N2/c1-7-9-4-3-5-10(9)8(2)12-11(7)13-6-14-12/h4-5H,6H2,1-2H3. The molecule has 1 aromatic carbocycles. The van der Waals surface area contributed by atoms with Crippen LogP contribution in [0.1, 0.15) is 22.3 Å². The molecule has 1 aromatic rings.